The van der Waals surface area contributed by atoms with Crippen LogP contribution < -0.4 is 0 Å². The summed E-state index contributed by atoms with van der Waals surface area (Å²) >= 11 is 0. The number of sulfone groups is 2. The van der Waals surface area contributed by atoms with Gasteiger partial charge in [-0.05, 0) is 18.8 Å². The molecule has 0 amide bonds. The van der Waals surface area contributed by atoms with Gasteiger partial charge >= 0.3 is 5.97 Å². The van der Waals surface area contributed by atoms with Crippen molar-refractivity contribution in [1.29, 1.82) is 0 Å². The predicted molar refractivity (Wildman–Crippen MR) is 66.6 cm³/mol. The summed E-state index contributed by atoms with van der Waals surface area (Å²) in [4.78, 5) is 11.6. The van der Waals surface area contributed by atoms with Crippen molar-refractivity contribution in [2.45, 2.75) is 12.8 Å². The number of ether oxygens (including phenoxy) is 1. The molecule has 0 aromatic rings. The zero-order valence-corrected chi connectivity index (χ0v) is 12.1. The van der Waals surface area contributed by atoms with Crippen LogP contribution >= 0.6 is 0 Å². The third kappa shape index (κ3) is 4.56. The van der Waals surface area contributed by atoms with Gasteiger partial charge in [-0.15, -0.1) is 0 Å². The van der Waals surface area contributed by atoms with E-state index in [1.54, 1.807) is 0 Å². The molecule has 0 radical (unpaired) electrons. The second-order valence-electron chi connectivity index (χ2n) is 4.71. The maximum atomic E-state index is 11.6. The van der Waals surface area contributed by atoms with E-state index in [1.807, 2.05) is 0 Å². The Labute approximate surface area is 108 Å². The standard InChI is InChI=1S/C10H18O6S2/c1-16-10(11)9(7-17(2,12)13)8-3-5-18(14,15)6-4-8/h8-9H,3-7H2,1-2H3. The summed E-state index contributed by atoms with van der Waals surface area (Å²) in [5.41, 5.74) is 0. The first-order chi connectivity index (χ1) is 8.14. The molecule has 1 heterocycles. The summed E-state index contributed by atoms with van der Waals surface area (Å²) in [6.45, 7) is 0. The molecule has 1 fully saturated rings. The minimum atomic E-state index is -3.31. The zero-order chi connectivity index (χ0) is 14.0. The van der Waals surface area contributed by atoms with Crippen molar-refractivity contribution in [2.24, 2.45) is 11.8 Å². The van der Waals surface area contributed by atoms with Gasteiger partial charge in [-0.2, -0.15) is 0 Å². The van der Waals surface area contributed by atoms with E-state index >= 15 is 0 Å². The van der Waals surface area contributed by atoms with Gasteiger partial charge in [0.15, 0.2) is 0 Å². The van der Waals surface area contributed by atoms with Gasteiger partial charge in [0.05, 0.1) is 30.3 Å². The van der Waals surface area contributed by atoms with Crippen LogP contribution in [0.2, 0.25) is 0 Å². The number of hydrogen-bond acceptors (Lipinski definition) is 6. The van der Waals surface area contributed by atoms with Gasteiger partial charge < -0.3 is 4.74 Å². The van der Waals surface area contributed by atoms with E-state index in [-0.39, 0.29) is 23.2 Å². The normalized spacial score (nSPS) is 22.3. The molecule has 0 aromatic heterocycles. The molecular weight excluding hydrogens is 280 g/mol. The van der Waals surface area contributed by atoms with Crippen molar-refractivity contribution in [1.82, 2.24) is 0 Å². The lowest BCUT2D eigenvalue weighted by Crippen LogP contribution is -2.36. The van der Waals surface area contributed by atoms with Crippen LogP contribution in [0.3, 0.4) is 0 Å². The number of hydrogen-bond donors (Lipinski definition) is 0. The summed E-state index contributed by atoms with van der Waals surface area (Å²) in [7, 11) is -5.13. The smallest absolute Gasteiger partial charge is 0.309 e. The molecule has 1 atom stereocenters. The van der Waals surface area contributed by atoms with E-state index in [0.29, 0.717) is 12.8 Å². The molecule has 0 spiro atoms. The SMILES string of the molecule is COC(=O)C(CS(C)(=O)=O)C1CCS(=O)(=O)CC1. The molecule has 106 valence electrons. The molecule has 0 saturated carbocycles. The van der Waals surface area contributed by atoms with Crippen LogP contribution in [0, 0.1) is 11.8 Å². The van der Waals surface area contributed by atoms with Gasteiger partial charge in [0.1, 0.15) is 19.7 Å². The van der Waals surface area contributed by atoms with Crippen molar-refractivity contribution >= 4 is 25.6 Å². The Kier molecular flexibility index (Phi) is 4.77. The molecule has 1 rings (SSSR count). The summed E-state index contributed by atoms with van der Waals surface area (Å²) in [6.07, 6.45) is 1.69. The van der Waals surface area contributed by atoms with Gasteiger partial charge in [-0.1, -0.05) is 0 Å². The molecule has 0 aliphatic carbocycles. The number of carbonyl (C=O) groups is 1. The quantitative estimate of drug-likeness (QED) is 0.658. The highest BCUT2D eigenvalue weighted by Gasteiger charge is 2.36. The number of methoxy groups -OCH3 is 1. The van der Waals surface area contributed by atoms with E-state index in [2.05, 4.69) is 4.74 Å². The van der Waals surface area contributed by atoms with Crippen molar-refractivity contribution in [2.75, 3.05) is 30.6 Å². The van der Waals surface area contributed by atoms with Crippen LogP contribution in [0.1, 0.15) is 12.8 Å². The predicted octanol–water partition coefficient (Wildman–Crippen LogP) is -0.355. The lowest BCUT2D eigenvalue weighted by molar-refractivity contribution is -0.146. The van der Waals surface area contributed by atoms with E-state index in [0.717, 1.165) is 6.26 Å². The topological polar surface area (TPSA) is 94.6 Å². The van der Waals surface area contributed by atoms with Crippen LogP contribution in [0.5, 0.6) is 0 Å². The van der Waals surface area contributed by atoms with E-state index in [9.17, 15) is 21.6 Å². The zero-order valence-electron chi connectivity index (χ0n) is 10.5. The van der Waals surface area contributed by atoms with Crippen molar-refractivity contribution < 1.29 is 26.4 Å². The lowest BCUT2D eigenvalue weighted by atomic mass is 9.89. The van der Waals surface area contributed by atoms with E-state index in [4.69, 9.17) is 0 Å². The van der Waals surface area contributed by atoms with Gasteiger partial charge in [-0.25, -0.2) is 16.8 Å². The fourth-order valence-electron chi connectivity index (χ4n) is 2.18. The fourth-order valence-corrected chi connectivity index (χ4v) is 4.77. The summed E-state index contributed by atoms with van der Waals surface area (Å²) in [5, 5.41) is 0. The average molecular weight is 298 g/mol. The first-order valence-electron chi connectivity index (χ1n) is 5.60. The van der Waals surface area contributed by atoms with Crippen molar-refractivity contribution in [3.63, 3.8) is 0 Å². The Morgan fingerprint density at radius 2 is 1.83 bits per heavy atom. The largest absolute Gasteiger partial charge is 0.469 e. The molecular formula is C10H18O6S2. The van der Waals surface area contributed by atoms with Crippen LogP contribution in [0.25, 0.3) is 0 Å². The first-order valence-corrected chi connectivity index (χ1v) is 9.49. The highest BCUT2D eigenvalue weighted by molar-refractivity contribution is 7.91. The Balaban J connectivity index is 2.82. The van der Waals surface area contributed by atoms with Crippen molar-refractivity contribution in [3.05, 3.63) is 0 Å². The molecule has 0 N–H and O–H groups in total. The monoisotopic (exact) mass is 298 g/mol. The van der Waals surface area contributed by atoms with Gasteiger partial charge in [0.2, 0.25) is 0 Å². The second kappa shape index (κ2) is 5.56. The Morgan fingerprint density at radius 3 is 2.22 bits per heavy atom. The molecule has 0 aromatic carbocycles. The summed E-state index contributed by atoms with van der Waals surface area (Å²) in [6, 6.07) is 0. The Hall–Kier alpha value is -0.630. The molecule has 6 nitrogen and oxygen atoms in total. The Bertz CT molecular complexity index is 490. The maximum Gasteiger partial charge on any atom is 0.309 e. The van der Waals surface area contributed by atoms with E-state index < -0.39 is 31.6 Å². The number of carbonyl (C=O) groups excluding carboxylic acids is 1. The van der Waals surface area contributed by atoms with Crippen molar-refractivity contribution in [3.8, 4) is 0 Å². The minimum Gasteiger partial charge on any atom is -0.469 e. The number of esters is 1. The Morgan fingerprint density at radius 1 is 1.33 bits per heavy atom. The number of rotatable bonds is 4. The second-order valence-corrected chi connectivity index (χ2v) is 9.20. The highest BCUT2D eigenvalue weighted by Crippen LogP contribution is 2.28. The summed E-state index contributed by atoms with van der Waals surface area (Å²) < 4.78 is 49.8. The van der Waals surface area contributed by atoms with Crippen LogP contribution in [-0.4, -0.2) is 53.4 Å². The van der Waals surface area contributed by atoms with Crippen LogP contribution in [-0.2, 0) is 29.2 Å². The molecule has 0 bridgehead atoms. The summed E-state index contributed by atoms with van der Waals surface area (Å²) in [5.74, 6) is -1.85. The van der Waals surface area contributed by atoms with Crippen LogP contribution in [0.15, 0.2) is 0 Å². The third-order valence-corrected chi connectivity index (χ3v) is 5.83. The molecule has 18 heavy (non-hydrogen) atoms. The molecule has 8 heteroatoms. The first kappa shape index (κ1) is 15.4. The van der Waals surface area contributed by atoms with Gasteiger partial charge in [0, 0.05) is 6.26 Å². The third-order valence-electron chi connectivity index (χ3n) is 3.15. The van der Waals surface area contributed by atoms with Crippen LogP contribution in [0.4, 0.5) is 0 Å². The average Bonchev–Trinajstić information content (AvgIpc) is 2.24. The maximum absolute atomic E-state index is 11.6. The highest BCUT2D eigenvalue weighted by atomic mass is 32.2. The van der Waals surface area contributed by atoms with E-state index in [1.165, 1.54) is 7.11 Å². The molecule has 1 aliphatic heterocycles. The fraction of sp³-hybridized carbons (Fsp3) is 0.900. The molecule has 1 aliphatic rings. The minimum absolute atomic E-state index is 0.00885. The van der Waals surface area contributed by atoms with Gasteiger partial charge in [0.25, 0.3) is 0 Å². The molecule has 1 unspecified atom stereocenters. The van der Waals surface area contributed by atoms with Gasteiger partial charge in [-0.3, -0.25) is 4.79 Å². The lowest BCUT2D eigenvalue weighted by Gasteiger charge is -2.27. The molecule has 1 saturated heterocycles.